The van der Waals surface area contributed by atoms with E-state index in [2.05, 4.69) is 16.5 Å². The van der Waals surface area contributed by atoms with Gasteiger partial charge in [0.1, 0.15) is 0 Å². The van der Waals surface area contributed by atoms with Crippen molar-refractivity contribution < 1.29 is 0 Å². The fourth-order valence-electron chi connectivity index (χ4n) is 1.64. The molecule has 0 aliphatic rings. The van der Waals surface area contributed by atoms with Crippen LogP contribution in [-0.2, 0) is 6.42 Å². The standard InChI is InChI=1S/C12H12Cl2N2/c1-9(16-5-4-15-8-16)6-10-2-3-11(13)7-12(10)14/h2-5,7-9H,6H2,1H3. The van der Waals surface area contributed by atoms with Crippen LogP contribution in [0.3, 0.4) is 0 Å². The Morgan fingerprint density at radius 1 is 1.38 bits per heavy atom. The summed E-state index contributed by atoms with van der Waals surface area (Å²) in [5, 5.41) is 1.39. The van der Waals surface area contributed by atoms with Gasteiger partial charge in [0.2, 0.25) is 0 Å². The lowest BCUT2D eigenvalue weighted by atomic mass is 10.1. The average molecular weight is 255 g/mol. The van der Waals surface area contributed by atoms with Crippen molar-refractivity contribution in [2.45, 2.75) is 19.4 Å². The molecule has 1 unspecified atom stereocenters. The molecule has 0 aliphatic carbocycles. The predicted molar refractivity (Wildman–Crippen MR) is 67.1 cm³/mol. The zero-order valence-corrected chi connectivity index (χ0v) is 10.4. The van der Waals surface area contributed by atoms with Gasteiger partial charge in [0, 0.05) is 28.5 Å². The molecule has 0 aliphatic heterocycles. The summed E-state index contributed by atoms with van der Waals surface area (Å²) < 4.78 is 2.06. The van der Waals surface area contributed by atoms with Crippen LogP contribution in [0, 0.1) is 0 Å². The Hall–Kier alpha value is -0.990. The lowest BCUT2D eigenvalue weighted by Gasteiger charge is -2.14. The first-order chi connectivity index (χ1) is 7.66. The molecule has 16 heavy (non-hydrogen) atoms. The number of aromatic nitrogens is 2. The third kappa shape index (κ3) is 2.57. The molecule has 0 radical (unpaired) electrons. The minimum atomic E-state index is 0.334. The summed E-state index contributed by atoms with van der Waals surface area (Å²) in [6.07, 6.45) is 6.41. The largest absolute Gasteiger partial charge is 0.334 e. The van der Waals surface area contributed by atoms with Gasteiger partial charge in [-0.15, -0.1) is 0 Å². The Bertz CT molecular complexity index is 466. The van der Waals surface area contributed by atoms with Crippen molar-refractivity contribution in [1.29, 1.82) is 0 Å². The SMILES string of the molecule is CC(Cc1ccc(Cl)cc1Cl)n1ccnc1. The summed E-state index contributed by atoms with van der Waals surface area (Å²) >= 11 is 12.0. The first-order valence-corrected chi connectivity index (χ1v) is 5.84. The van der Waals surface area contributed by atoms with Crippen LogP contribution in [0.2, 0.25) is 10.0 Å². The van der Waals surface area contributed by atoms with E-state index in [9.17, 15) is 0 Å². The van der Waals surface area contributed by atoms with Gasteiger partial charge in [0.05, 0.1) is 6.33 Å². The topological polar surface area (TPSA) is 17.8 Å². The molecule has 1 atom stereocenters. The van der Waals surface area contributed by atoms with Crippen LogP contribution in [0.1, 0.15) is 18.5 Å². The molecule has 4 heteroatoms. The van der Waals surface area contributed by atoms with Crippen LogP contribution in [0.4, 0.5) is 0 Å². The number of halogens is 2. The van der Waals surface area contributed by atoms with Crippen molar-refractivity contribution in [3.63, 3.8) is 0 Å². The van der Waals surface area contributed by atoms with Crippen molar-refractivity contribution in [3.8, 4) is 0 Å². The minimum absolute atomic E-state index is 0.334. The second-order valence-electron chi connectivity index (χ2n) is 3.80. The number of rotatable bonds is 3. The molecule has 0 bridgehead atoms. The van der Waals surface area contributed by atoms with E-state index >= 15 is 0 Å². The van der Waals surface area contributed by atoms with Gasteiger partial charge in [-0.25, -0.2) is 4.98 Å². The highest BCUT2D eigenvalue weighted by Gasteiger charge is 2.08. The highest BCUT2D eigenvalue weighted by Crippen LogP contribution is 2.24. The maximum atomic E-state index is 6.13. The molecule has 0 saturated heterocycles. The zero-order chi connectivity index (χ0) is 11.5. The Morgan fingerprint density at radius 3 is 2.81 bits per heavy atom. The smallest absolute Gasteiger partial charge is 0.0948 e. The second kappa shape index (κ2) is 4.89. The first-order valence-electron chi connectivity index (χ1n) is 5.08. The predicted octanol–water partition coefficient (Wildman–Crippen LogP) is 3.99. The molecule has 1 aromatic heterocycles. The van der Waals surface area contributed by atoms with Crippen molar-refractivity contribution in [2.24, 2.45) is 0 Å². The molecule has 1 heterocycles. The molecule has 0 saturated carbocycles. The number of imidazole rings is 1. The number of hydrogen-bond acceptors (Lipinski definition) is 1. The van der Waals surface area contributed by atoms with Gasteiger partial charge in [0.25, 0.3) is 0 Å². The van der Waals surface area contributed by atoms with Crippen LogP contribution in [0.15, 0.2) is 36.9 Å². The molecular formula is C12H12Cl2N2. The molecule has 0 N–H and O–H groups in total. The Balaban J connectivity index is 2.15. The molecule has 2 aromatic rings. The lowest BCUT2D eigenvalue weighted by Crippen LogP contribution is -2.06. The maximum absolute atomic E-state index is 6.13. The summed E-state index contributed by atoms with van der Waals surface area (Å²) in [5.74, 6) is 0. The monoisotopic (exact) mass is 254 g/mol. The van der Waals surface area contributed by atoms with Crippen LogP contribution < -0.4 is 0 Å². The third-order valence-electron chi connectivity index (χ3n) is 2.56. The Labute approximate surface area is 105 Å². The number of hydrogen-bond donors (Lipinski definition) is 0. The van der Waals surface area contributed by atoms with Crippen LogP contribution in [0.25, 0.3) is 0 Å². The Kier molecular flexibility index (Phi) is 3.52. The van der Waals surface area contributed by atoms with Gasteiger partial charge in [-0.3, -0.25) is 0 Å². The second-order valence-corrected chi connectivity index (χ2v) is 4.64. The number of nitrogens with zero attached hydrogens (tertiary/aromatic N) is 2. The lowest BCUT2D eigenvalue weighted by molar-refractivity contribution is 0.544. The molecule has 2 rings (SSSR count). The van der Waals surface area contributed by atoms with Crippen LogP contribution >= 0.6 is 23.2 Å². The molecule has 0 fully saturated rings. The van der Waals surface area contributed by atoms with E-state index in [1.54, 1.807) is 12.3 Å². The van der Waals surface area contributed by atoms with E-state index < -0.39 is 0 Å². The normalized spacial score (nSPS) is 12.7. The third-order valence-corrected chi connectivity index (χ3v) is 3.15. The van der Waals surface area contributed by atoms with E-state index in [-0.39, 0.29) is 0 Å². The highest BCUT2D eigenvalue weighted by molar-refractivity contribution is 6.35. The summed E-state index contributed by atoms with van der Waals surface area (Å²) in [6.45, 7) is 2.13. The van der Waals surface area contributed by atoms with Gasteiger partial charge in [0.15, 0.2) is 0 Å². The molecule has 2 nitrogen and oxygen atoms in total. The minimum Gasteiger partial charge on any atom is -0.334 e. The van der Waals surface area contributed by atoms with Gasteiger partial charge in [-0.2, -0.15) is 0 Å². The molecular weight excluding hydrogens is 243 g/mol. The summed E-state index contributed by atoms with van der Waals surface area (Å²) in [7, 11) is 0. The van der Waals surface area contributed by atoms with E-state index in [1.807, 2.05) is 24.7 Å². The van der Waals surface area contributed by atoms with Crippen molar-refractivity contribution in [3.05, 3.63) is 52.5 Å². The van der Waals surface area contributed by atoms with Gasteiger partial charge >= 0.3 is 0 Å². The van der Waals surface area contributed by atoms with Crippen molar-refractivity contribution >= 4 is 23.2 Å². The fourth-order valence-corrected chi connectivity index (χ4v) is 2.13. The quantitative estimate of drug-likeness (QED) is 0.810. The number of benzene rings is 1. The molecule has 0 amide bonds. The van der Waals surface area contributed by atoms with Gasteiger partial charge in [-0.1, -0.05) is 29.3 Å². The summed E-state index contributed by atoms with van der Waals surface area (Å²) in [5.41, 5.74) is 1.10. The van der Waals surface area contributed by atoms with Gasteiger partial charge < -0.3 is 4.57 Å². The average Bonchev–Trinajstić information content (AvgIpc) is 2.75. The maximum Gasteiger partial charge on any atom is 0.0948 e. The summed E-state index contributed by atoms with van der Waals surface area (Å²) in [6, 6.07) is 5.95. The van der Waals surface area contributed by atoms with E-state index in [0.717, 1.165) is 17.0 Å². The highest BCUT2D eigenvalue weighted by atomic mass is 35.5. The van der Waals surface area contributed by atoms with E-state index in [4.69, 9.17) is 23.2 Å². The molecule has 0 spiro atoms. The van der Waals surface area contributed by atoms with Crippen LogP contribution in [0.5, 0.6) is 0 Å². The zero-order valence-electron chi connectivity index (χ0n) is 8.90. The van der Waals surface area contributed by atoms with E-state index in [0.29, 0.717) is 11.1 Å². The molecule has 84 valence electrons. The van der Waals surface area contributed by atoms with Crippen LogP contribution in [-0.4, -0.2) is 9.55 Å². The fraction of sp³-hybridized carbons (Fsp3) is 0.250. The van der Waals surface area contributed by atoms with Gasteiger partial charge in [-0.05, 0) is 31.0 Å². The Morgan fingerprint density at radius 2 is 2.19 bits per heavy atom. The van der Waals surface area contributed by atoms with Crippen molar-refractivity contribution in [1.82, 2.24) is 9.55 Å². The van der Waals surface area contributed by atoms with E-state index in [1.165, 1.54) is 0 Å². The first kappa shape index (κ1) is 11.5. The summed E-state index contributed by atoms with van der Waals surface area (Å²) in [4.78, 5) is 4.03. The molecule has 1 aromatic carbocycles. The van der Waals surface area contributed by atoms with Crippen molar-refractivity contribution in [2.75, 3.05) is 0 Å².